The van der Waals surface area contributed by atoms with Gasteiger partial charge in [0.25, 0.3) is 0 Å². The van der Waals surface area contributed by atoms with Crippen molar-refractivity contribution in [1.29, 1.82) is 0 Å². The number of carbonyl (C=O) groups excluding carboxylic acids is 1. The molecule has 1 saturated heterocycles. The lowest BCUT2D eigenvalue weighted by Crippen LogP contribution is -2.33. The average molecular weight is 353 g/mol. The molecule has 2 nitrogen and oxygen atoms in total. The molecule has 0 bridgehead atoms. The van der Waals surface area contributed by atoms with E-state index in [1.165, 1.54) is 38.5 Å². The van der Waals surface area contributed by atoms with E-state index in [0.717, 1.165) is 24.7 Å². The molecule has 2 saturated carbocycles. The van der Waals surface area contributed by atoms with Crippen LogP contribution in [0.5, 0.6) is 0 Å². The first-order valence-corrected chi connectivity index (χ1v) is 9.14. The Labute approximate surface area is 136 Å². The van der Waals surface area contributed by atoms with Crippen LogP contribution in [0.25, 0.3) is 0 Å². The molecule has 1 aliphatic heterocycles. The number of hydrogen-bond donors (Lipinski definition) is 0. The van der Waals surface area contributed by atoms with Crippen molar-refractivity contribution >= 4 is 21.9 Å². The van der Waals surface area contributed by atoms with Crippen LogP contribution >= 0.6 is 15.9 Å². The number of esters is 1. The third-order valence-electron chi connectivity index (χ3n) is 6.17. The summed E-state index contributed by atoms with van der Waals surface area (Å²) in [6.45, 7) is 6.27. The van der Waals surface area contributed by atoms with E-state index in [0.29, 0.717) is 11.0 Å². The normalized spacial score (nSPS) is 41.4. The summed E-state index contributed by atoms with van der Waals surface area (Å²) < 4.78 is 5.39. The molecule has 2 aliphatic carbocycles. The second kappa shape index (κ2) is 5.91. The molecule has 116 valence electrons. The number of rotatable bonds is 3. The summed E-state index contributed by atoms with van der Waals surface area (Å²) in [6.07, 6.45) is 9.60. The van der Waals surface area contributed by atoms with Crippen LogP contribution in [0.3, 0.4) is 0 Å². The van der Waals surface area contributed by atoms with Crippen molar-refractivity contribution in [3.63, 3.8) is 0 Å². The van der Waals surface area contributed by atoms with Gasteiger partial charge in [0.2, 0.25) is 0 Å². The lowest BCUT2D eigenvalue weighted by molar-refractivity contribution is -0.139. The predicted octanol–water partition coefficient (Wildman–Crippen LogP) is 5.13. The molecule has 0 spiro atoms. The molecule has 4 atom stereocenters. The van der Waals surface area contributed by atoms with Gasteiger partial charge in [0.05, 0.1) is 0 Å². The maximum Gasteiger partial charge on any atom is 0.333 e. The number of carbonyl (C=O) groups is 1. The molecule has 21 heavy (non-hydrogen) atoms. The summed E-state index contributed by atoms with van der Waals surface area (Å²) in [6, 6.07) is 0. The van der Waals surface area contributed by atoms with Crippen LogP contribution in [-0.2, 0) is 9.53 Å². The summed E-state index contributed by atoms with van der Waals surface area (Å²) in [5.41, 5.74) is 2.72. The van der Waals surface area contributed by atoms with Crippen molar-refractivity contribution < 1.29 is 9.53 Å². The van der Waals surface area contributed by atoms with Gasteiger partial charge in [0, 0.05) is 12.0 Å². The Morgan fingerprint density at radius 3 is 2.90 bits per heavy atom. The van der Waals surface area contributed by atoms with Crippen molar-refractivity contribution in [2.45, 2.75) is 64.4 Å². The smallest absolute Gasteiger partial charge is 0.333 e. The second-order valence-corrected chi connectivity index (χ2v) is 7.74. The molecule has 0 N–H and O–H groups in total. The first-order chi connectivity index (χ1) is 10.0. The van der Waals surface area contributed by atoms with Crippen molar-refractivity contribution in [2.24, 2.45) is 17.3 Å². The van der Waals surface area contributed by atoms with Gasteiger partial charge in [0.15, 0.2) is 0 Å². The van der Waals surface area contributed by atoms with Crippen LogP contribution in [0.4, 0.5) is 0 Å². The highest BCUT2D eigenvalue weighted by Crippen LogP contribution is 2.58. The van der Waals surface area contributed by atoms with Gasteiger partial charge in [-0.3, -0.25) is 0 Å². The maximum atomic E-state index is 11.4. The first-order valence-electron chi connectivity index (χ1n) is 8.22. The minimum Gasteiger partial charge on any atom is -0.459 e. The highest BCUT2D eigenvalue weighted by atomic mass is 79.9. The van der Waals surface area contributed by atoms with Crippen LogP contribution in [0.15, 0.2) is 22.7 Å². The van der Waals surface area contributed by atoms with Crippen molar-refractivity contribution in [3.05, 3.63) is 22.7 Å². The lowest BCUT2D eigenvalue weighted by atomic mass is 9.63. The van der Waals surface area contributed by atoms with Gasteiger partial charge in [-0.15, -0.1) is 0 Å². The molecular formula is C18H25BrO2. The van der Waals surface area contributed by atoms with Gasteiger partial charge in [-0.05, 0) is 67.2 Å². The number of fused-ring (bicyclic) bond motifs is 1. The van der Waals surface area contributed by atoms with Gasteiger partial charge in [0.1, 0.15) is 6.10 Å². The van der Waals surface area contributed by atoms with Crippen molar-refractivity contribution in [1.82, 2.24) is 0 Å². The summed E-state index contributed by atoms with van der Waals surface area (Å²) in [7, 11) is 0. The number of allylic oxidation sites excluding steroid dienone is 1. The molecule has 0 aromatic carbocycles. The minimum absolute atomic E-state index is 0.0856. The van der Waals surface area contributed by atoms with E-state index >= 15 is 0 Å². The zero-order valence-corrected chi connectivity index (χ0v) is 14.5. The molecule has 0 aromatic rings. The number of ether oxygens (including phenoxy) is 1. The van der Waals surface area contributed by atoms with E-state index in [1.807, 2.05) is 0 Å². The maximum absolute atomic E-state index is 11.4. The van der Waals surface area contributed by atoms with Crippen LogP contribution in [-0.4, -0.2) is 12.1 Å². The molecular weight excluding hydrogens is 328 g/mol. The minimum atomic E-state index is -0.183. The Morgan fingerprint density at radius 1 is 1.43 bits per heavy atom. The van der Waals surface area contributed by atoms with Gasteiger partial charge in [-0.25, -0.2) is 4.79 Å². The summed E-state index contributed by atoms with van der Waals surface area (Å²) >= 11 is 3.57. The quantitative estimate of drug-likeness (QED) is 0.519. The highest BCUT2D eigenvalue weighted by Gasteiger charge is 2.49. The molecule has 1 heterocycles. The van der Waals surface area contributed by atoms with Crippen LogP contribution in [0, 0.1) is 17.3 Å². The fraction of sp³-hybridized carbons (Fsp3) is 0.722. The zero-order valence-electron chi connectivity index (χ0n) is 12.9. The fourth-order valence-electron chi connectivity index (χ4n) is 4.93. The largest absolute Gasteiger partial charge is 0.459 e. The van der Waals surface area contributed by atoms with Crippen molar-refractivity contribution in [3.8, 4) is 0 Å². The van der Waals surface area contributed by atoms with Gasteiger partial charge in [-0.2, -0.15) is 0 Å². The SMILES string of the molecule is C=C1CC(CCC2CCC3/C(=C/Br)CCCC23C)OC1=O. The van der Waals surface area contributed by atoms with E-state index in [4.69, 9.17) is 4.74 Å². The fourth-order valence-corrected chi connectivity index (χ4v) is 5.48. The van der Waals surface area contributed by atoms with Gasteiger partial charge in [-0.1, -0.05) is 35.0 Å². The molecule has 3 fully saturated rings. The molecule has 4 unspecified atom stereocenters. The van der Waals surface area contributed by atoms with Gasteiger partial charge >= 0.3 is 5.97 Å². The van der Waals surface area contributed by atoms with Gasteiger partial charge < -0.3 is 4.74 Å². The third-order valence-corrected chi connectivity index (χ3v) is 6.76. The van der Waals surface area contributed by atoms with Crippen LogP contribution in [0.2, 0.25) is 0 Å². The standard InChI is InChI=1S/C18H25BrO2/c1-12-10-15(21-17(12)20)7-5-14-6-8-16-13(11-19)4-3-9-18(14,16)2/h11,14-16H,1,3-10H2,2H3/b13-11+. The third kappa shape index (κ3) is 2.74. The Kier molecular flexibility index (Phi) is 4.31. The van der Waals surface area contributed by atoms with Crippen LogP contribution in [0.1, 0.15) is 58.3 Å². The van der Waals surface area contributed by atoms with E-state index < -0.39 is 0 Å². The molecule has 3 rings (SSSR count). The Hall–Kier alpha value is -0.570. The highest BCUT2D eigenvalue weighted by molar-refractivity contribution is 9.11. The average Bonchev–Trinajstić information content (AvgIpc) is 2.96. The Morgan fingerprint density at radius 2 is 2.24 bits per heavy atom. The van der Waals surface area contributed by atoms with E-state index in [2.05, 4.69) is 34.4 Å². The molecule has 3 aliphatic rings. The van der Waals surface area contributed by atoms with Crippen molar-refractivity contribution in [2.75, 3.05) is 0 Å². The molecule has 0 aromatic heterocycles. The number of cyclic esters (lactones) is 1. The lowest BCUT2D eigenvalue weighted by Gasteiger charge is -2.42. The molecule has 0 radical (unpaired) electrons. The van der Waals surface area contributed by atoms with E-state index in [-0.39, 0.29) is 12.1 Å². The zero-order chi connectivity index (χ0) is 15.0. The molecule has 3 heteroatoms. The topological polar surface area (TPSA) is 26.3 Å². The second-order valence-electron chi connectivity index (χ2n) is 7.28. The first kappa shape index (κ1) is 15.3. The number of halogens is 1. The van der Waals surface area contributed by atoms with E-state index in [1.54, 1.807) is 5.57 Å². The summed E-state index contributed by atoms with van der Waals surface area (Å²) in [5, 5.41) is 0. The molecule has 0 amide bonds. The monoisotopic (exact) mass is 352 g/mol. The Balaban J connectivity index is 1.62. The summed E-state index contributed by atoms with van der Waals surface area (Å²) in [5.74, 6) is 1.35. The number of hydrogen-bond acceptors (Lipinski definition) is 2. The Bertz CT molecular complexity index is 466. The van der Waals surface area contributed by atoms with Crippen LogP contribution < -0.4 is 0 Å². The summed E-state index contributed by atoms with van der Waals surface area (Å²) in [4.78, 5) is 13.6. The van der Waals surface area contributed by atoms with E-state index in [9.17, 15) is 4.79 Å². The predicted molar refractivity (Wildman–Crippen MR) is 88.1 cm³/mol.